The van der Waals surface area contributed by atoms with Crippen molar-refractivity contribution in [2.75, 3.05) is 4.72 Å². The van der Waals surface area contributed by atoms with Gasteiger partial charge < -0.3 is 5.11 Å². The zero-order valence-corrected chi connectivity index (χ0v) is 15.7. The second kappa shape index (κ2) is 7.06. The molecule has 0 radical (unpaired) electrons. The van der Waals surface area contributed by atoms with E-state index in [0.717, 1.165) is 0 Å². The molecule has 0 bridgehead atoms. The zero-order valence-electron chi connectivity index (χ0n) is 14.1. The van der Waals surface area contributed by atoms with E-state index in [4.69, 9.17) is 11.6 Å². The lowest BCUT2D eigenvalue weighted by Gasteiger charge is -2.14. The number of anilines is 1. The van der Waals surface area contributed by atoms with E-state index in [1.54, 1.807) is 50.2 Å². The van der Waals surface area contributed by atoms with Gasteiger partial charge in [-0.25, -0.2) is 13.1 Å². The molecule has 0 amide bonds. The van der Waals surface area contributed by atoms with Crippen LogP contribution in [0.5, 0.6) is 0 Å². The Morgan fingerprint density at radius 3 is 2.50 bits per heavy atom. The largest absolute Gasteiger partial charge is 0.387 e. The number of sulfonamides is 1. The van der Waals surface area contributed by atoms with Gasteiger partial charge in [-0.2, -0.15) is 0 Å². The van der Waals surface area contributed by atoms with Crippen LogP contribution in [0.2, 0.25) is 5.02 Å². The molecule has 3 aromatic rings. The summed E-state index contributed by atoms with van der Waals surface area (Å²) in [5.74, 6) is 0. The fraction of sp³-hybridized carbons (Fsp3) is 0.176. The average Bonchev–Trinajstić information content (AvgIpc) is 2.99. The molecule has 0 saturated carbocycles. The summed E-state index contributed by atoms with van der Waals surface area (Å²) in [6.07, 6.45) is -0.799. The van der Waals surface area contributed by atoms with Crippen molar-refractivity contribution in [3.05, 3.63) is 64.9 Å². The van der Waals surface area contributed by atoms with Gasteiger partial charge in [-0.15, -0.1) is 5.10 Å². The molecule has 2 N–H and O–H groups in total. The van der Waals surface area contributed by atoms with Crippen LogP contribution in [0.3, 0.4) is 0 Å². The van der Waals surface area contributed by atoms with E-state index in [2.05, 4.69) is 15.0 Å². The molecule has 0 saturated heterocycles. The van der Waals surface area contributed by atoms with E-state index in [9.17, 15) is 13.5 Å². The fourth-order valence-electron chi connectivity index (χ4n) is 2.53. The lowest BCUT2D eigenvalue weighted by molar-refractivity contribution is 0.193. The highest BCUT2D eigenvalue weighted by molar-refractivity contribution is 7.92. The molecule has 9 heteroatoms. The number of nitrogens with zero attached hydrogens (tertiary/aromatic N) is 3. The van der Waals surface area contributed by atoms with Crippen LogP contribution in [0.15, 0.2) is 53.4 Å². The highest BCUT2D eigenvalue weighted by atomic mass is 35.5. The topological polar surface area (TPSA) is 97.1 Å². The van der Waals surface area contributed by atoms with Crippen molar-refractivity contribution >= 4 is 27.3 Å². The predicted octanol–water partition coefficient (Wildman–Crippen LogP) is 3.08. The molecule has 26 heavy (non-hydrogen) atoms. The SMILES string of the molecule is Cc1c(C(C)O)nnn1-c1cc(Cl)ccc1NS(=O)(=O)c1ccccc1. The minimum Gasteiger partial charge on any atom is -0.387 e. The van der Waals surface area contributed by atoms with Gasteiger partial charge in [0, 0.05) is 5.02 Å². The summed E-state index contributed by atoms with van der Waals surface area (Å²) in [6, 6.07) is 12.8. The van der Waals surface area contributed by atoms with Gasteiger partial charge >= 0.3 is 0 Å². The maximum Gasteiger partial charge on any atom is 0.261 e. The van der Waals surface area contributed by atoms with Gasteiger partial charge in [-0.05, 0) is 44.2 Å². The Hall–Kier alpha value is -2.42. The van der Waals surface area contributed by atoms with Crippen LogP contribution in [-0.4, -0.2) is 28.5 Å². The van der Waals surface area contributed by atoms with Gasteiger partial charge in [-0.3, -0.25) is 4.72 Å². The molecule has 2 aromatic carbocycles. The Morgan fingerprint density at radius 2 is 1.88 bits per heavy atom. The third-order valence-corrected chi connectivity index (χ3v) is 5.43. The van der Waals surface area contributed by atoms with E-state index >= 15 is 0 Å². The molecule has 0 aliphatic rings. The molecule has 1 atom stereocenters. The smallest absolute Gasteiger partial charge is 0.261 e. The predicted molar refractivity (Wildman–Crippen MR) is 99.0 cm³/mol. The lowest BCUT2D eigenvalue weighted by Crippen LogP contribution is -2.15. The number of aromatic nitrogens is 3. The van der Waals surface area contributed by atoms with Gasteiger partial charge in [0.1, 0.15) is 5.69 Å². The minimum absolute atomic E-state index is 0.140. The lowest BCUT2D eigenvalue weighted by atomic mass is 10.2. The quantitative estimate of drug-likeness (QED) is 0.695. The van der Waals surface area contributed by atoms with Crippen LogP contribution in [0.1, 0.15) is 24.4 Å². The minimum atomic E-state index is -3.78. The second-order valence-corrected chi connectivity index (χ2v) is 7.85. The van der Waals surface area contributed by atoms with E-state index in [1.165, 1.54) is 16.8 Å². The van der Waals surface area contributed by atoms with Crippen molar-refractivity contribution in [3.63, 3.8) is 0 Å². The number of nitrogens with one attached hydrogen (secondary N) is 1. The van der Waals surface area contributed by atoms with Crippen molar-refractivity contribution < 1.29 is 13.5 Å². The molecule has 0 fully saturated rings. The Kier molecular flexibility index (Phi) is 4.99. The molecular weight excluding hydrogens is 376 g/mol. The summed E-state index contributed by atoms with van der Waals surface area (Å²) in [6.45, 7) is 3.32. The molecule has 1 aromatic heterocycles. The number of halogens is 1. The van der Waals surface area contributed by atoms with Crippen molar-refractivity contribution in [2.45, 2.75) is 24.8 Å². The average molecular weight is 393 g/mol. The van der Waals surface area contributed by atoms with E-state index in [1.807, 2.05) is 0 Å². The number of rotatable bonds is 5. The number of benzene rings is 2. The third kappa shape index (κ3) is 3.57. The van der Waals surface area contributed by atoms with Gasteiger partial charge in [-0.1, -0.05) is 35.0 Å². The molecule has 136 valence electrons. The summed E-state index contributed by atoms with van der Waals surface area (Å²) < 4.78 is 29.3. The molecule has 3 rings (SSSR count). The maximum absolute atomic E-state index is 12.6. The summed E-state index contributed by atoms with van der Waals surface area (Å²) in [4.78, 5) is 0.140. The second-order valence-electron chi connectivity index (χ2n) is 5.73. The first kappa shape index (κ1) is 18.4. The van der Waals surface area contributed by atoms with Crippen LogP contribution in [0.4, 0.5) is 5.69 Å². The molecular formula is C17H17ClN4O3S. The van der Waals surface area contributed by atoms with E-state index in [-0.39, 0.29) is 4.90 Å². The number of hydrogen-bond donors (Lipinski definition) is 2. The van der Waals surface area contributed by atoms with Gasteiger partial charge in [0.15, 0.2) is 0 Å². The van der Waals surface area contributed by atoms with Gasteiger partial charge in [0.05, 0.1) is 28.1 Å². The zero-order chi connectivity index (χ0) is 18.9. The van der Waals surface area contributed by atoms with Gasteiger partial charge in [0.25, 0.3) is 10.0 Å². The van der Waals surface area contributed by atoms with E-state index < -0.39 is 16.1 Å². The fourth-order valence-corrected chi connectivity index (χ4v) is 3.79. The number of hydrogen-bond acceptors (Lipinski definition) is 5. The summed E-state index contributed by atoms with van der Waals surface area (Å²) in [5.41, 5.74) is 1.70. The number of aliphatic hydroxyl groups is 1. The Labute approximate surface area is 156 Å². The highest BCUT2D eigenvalue weighted by Gasteiger charge is 2.20. The van der Waals surface area contributed by atoms with Crippen LogP contribution in [0.25, 0.3) is 5.69 Å². The van der Waals surface area contributed by atoms with Gasteiger partial charge in [0.2, 0.25) is 0 Å². The van der Waals surface area contributed by atoms with Crippen LogP contribution in [-0.2, 0) is 10.0 Å². The molecule has 0 aliphatic heterocycles. The van der Waals surface area contributed by atoms with Crippen LogP contribution in [0, 0.1) is 6.92 Å². The molecule has 1 unspecified atom stereocenters. The van der Waals surface area contributed by atoms with Crippen LogP contribution < -0.4 is 4.72 Å². The standard InChI is InChI=1S/C17H17ClN4O3S/c1-11-17(12(2)23)19-21-22(11)16-10-13(18)8-9-15(16)20-26(24,25)14-6-4-3-5-7-14/h3-10,12,20,23H,1-2H3. The Morgan fingerprint density at radius 1 is 1.19 bits per heavy atom. The first-order valence-corrected chi connectivity index (χ1v) is 9.64. The molecule has 0 aliphatic carbocycles. The van der Waals surface area contributed by atoms with Crippen molar-refractivity contribution in [2.24, 2.45) is 0 Å². The first-order valence-electron chi connectivity index (χ1n) is 7.77. The van der Waals surface area contributed by atoms with Crippen LogP contribution >= 0.6 is 11.6 Å². The third-order valence-electron chi connectivity index (χ3n) is 3.81. The molecule has 0 spiro atoms. The summed E-state index contributed by atoms with van der Waals surface area (Å²) in [5, 5.41) is 18.2. The Balaban J connectivity index is 2.08. The first-order chi connectivity index (χ1) is 12.3. The maximum atomic E-state index is 12.6. The molecule has 1 heterocycles. The summed E-state index contributed by atoms with van der Waals surface area (Å²) >= 11 is 6.09. The van der Waals surface area contributed by atoms with Crippen molar-refractivity contribution in [1.29, 1.82) is 0 Å². The van der Waals surface area contributed by atoms with Crippen molar-refractivity contribution in [3.8, 4) is 5.69 Å². The molecule has 7 nitrogen and oxygen atoms in total. The monoisotopic (exact) mass is 392 g/mol. The number of aliphatic hydroxyl groups excluding tert-OH is 1. The highest BCUT2D eigenvalue weighted by Crippen LogP contribution is 2.28. The Bertz CT molecular complexity index is 1030. The summed E-state index contributed by atoms with van der Waals surface area (Å²) in [7, 11) is -3.78. The van der Waals surface area contributed by atoms with Crippen molar-refractivity contribution in [1.82, 2.24) is 15.0 Å². The normalized spacial score (nSPS) is 12.8. The van der Waals surface area contributed by atoms with E-state index in [0.29, 0.717) is 27.8 Å².